The second-order valence-corrected chi connectivity index (χ2v) is 5.62. The minimum atomic E-state index is -0.327. The molecule has 0 aliphatic rings. The van der Waals surface area contributed by atoms with Gasteiger partial charge in [0.2, 0.25) is 5.75 Å². The van der Waals surface area contributed by atoms with Crippen molar-refractivity contribution >= 4 is 5.91 Å². The molecule has 0 fully saturated rings. The monoisotopic (exact) mass is 391 g/mol. The van der Waals surface area contributed by atoms with Crippen LogP contribution in [0.2, 0.25) is 0 Å². The molecule has 0 aromatic heterocycles. The minimum absolute atomic E-state index is 0.243. The SMILES string of the molecule is COc1cc(OC)c(C(=O)NCc2cc(OC)c(OC)c(OC)c2)cc1OC. The fraction of sp³-hybridized carbons (Fsp3) is 0.350. The van der Waals surface area contributed by atoms with E-state index in [0.717, 1.165) is 5.56 Å². The van der Waals surface area contributed by atoms with E-state index in [1.54, 1.807) is 24.3 Å². The first kappa shape index (κ1) is 21.0. The van der Waals surface area contributed by atoms with E-state index in [1.807, 2.05) is 0 Å². The maximum Gasteiger partial charge on any atom is 0.255 e. The molecule has 152 valence electrons. The van der Waals surface area contributed by atoms with Gasteiger partial charge in [-0.05, 0) is 17.7 Å². The summed E-state index contributed by atoms with van der Waals surface area (Å²) < 4.78 is 31.8. The van der Waals surface area contributed by atoms with Gasteiger partial charge in [0.15, 0.2) is 23.0 Å². The second-order valence-electron chi connectivity index (χ2n) is 5.62. The van der Waals surface area contributed by atoms with E-state index in [9.17, 15) is 4.79 Å². The number of carbonyl (C=O) groups excluding carboxylic acids is 1. The van der Waals surface area contributed by atoms with Crippen LogP contribution < -0.4 is 33.7 Å². The summed E-state index contributed by atoms with van der Waals surface area (Å²) in [7, 11) is 9.11. The van der Waals surface area contributed by atoms with Crippen LogP contribution in [-0.4, -0.2) is 48.6 Å². The molecule has 0 spiro atoms. The molecule has 0 atom stereocenters. The summed E-state index contributed by atoms with van der Waals surface area (Å²) in [5.41, 5.74) is 1.11. The van der Waals surface area contributed by atoms with Crippen LogP contribution in [0.15, 0.2) is 24.3 Å². The summed E-state index contributed by atoms with van der Waals surface area (Å²) in [6, 6.07) is 6.72. The zero-order valence-corrected chi connectivity index (χ0v) is 16.9. The Morgan fingerprint density at radius 2 is 1.18 bits per heavy atom. The van der Waals surface area contributed by atoms with Crippen molar-refractivity contribution in [3.8, 4) is 34.5 Å². The molecule has 0 heterocycles. The Kier molecular flexibility index (Phi) is 7.20. The number of hydrogen-bond donors (Lipinski definition) is 1. The molecule has 8 heteroatoms. The Morgan fingerprint density at radius 3 is 1.64 bits per heavy atom. The molecule has 2 rings (SSSR count). The van der Waals surface area contributed by atoms with Gasteiger partial charge in [-0.3, -0.25) is 4.79 Å². The van der Waals surface area contributed by atoms with Crippen molar-refractivity contribution < 1.29 is 33.2 Å². The highest BCUT2D eigenvalue weighted by molar-refractivity contribution is 5.97. The average molecular weight is 391 g/mol. The summed E-state index contributed by atoms with van der Waals surface area (Å²) in [5, 5.41) is 2.85. The van der Waals surface area contributed by atoms with E-state index >= 15 is 0 Å². The first-order valence-corrected chi connectivity index (χ1v) is 8.39. The Hall–Kier alpha value is -3.29. The molecule has 0 aliphatic carbocycles. The van der Waals surface area contributed by atoms with Crippen LogP contribution in [0.1, 0.15) is 15.9 Å². The number of hydrogen-bond acceptors (Lipinski definition) is 7. The Balaban J connectivity index is 2.27. The van der Waals surface area contributed by atoms with Gasteiger partial charge < -0.3 is 33.7 Å². The lowest BCUT2D eigenvalue weighted by Crippen LogP contribution is -2.23. The summed E-state index contributed by atoms with van der Waals surface area (Å²) >= 11 is 0. The highest BCUT2D eigenvalue weighted by Crippen LogP contribution is 2.38. The van der Waals surface area contributed by atoms with Gasteiger partial charge in [-0.15, -0.1) is 0 Å². The van der Waals surface area contributed by atoms with Crippen LogP contribution in [-0.2, 0) is 6.54 Å². The number of amides is 1. The van der Waals surface area contributed by atoms with E-state index in [1.165, 1.54) is 42.7 Å². The summed E-state index contributed by atoms with van der Waals surface area (Å²) in [6.45, 7) is 0.243. The van der Waals surface area contributed by atoms with E-state index in [-0.39, 0.29) is 12.5 Å². The van der Waals surface area contributed by atoms with E-state index in [2.05, 4.69) is 5.32 Å². The Morgan fingerprint density at radius 1 is 0.679 bits per heavy atom. The molecule has 0 saturated heterocycles. The zero-order valence-electron chi connectivity index (χ0n) is 16.9. The molecule has 8 nitrogen and oxygen atoms in total. The van der Waals surface area contributed by atoms with Gasteiger partial charge in [-0.1, -0.05) is 0 Å². The third kappa shape index (κ3) is 4.33. The molecule has 2 aromatic rings. The topological polar surface area (TPSA) is 84.5 Å². The van der Waals surface area contributed by atoms with E-state index in [0.29, 0.717) is 40.1 Å². The van der Waals surface area contributed by atoms with Crippen LogP contribution in [0.5, 0.6) is 34.5 Å². The quantitative estimate of drug-likeness (QED) is 0.703. The van der Waals surface area contributed by atoms with Gasteiger partial charge in [0, 0.05) is 18.7 Å². The molecular formula is C20H25NO7. The van der Waals surface area contributed by atoms with Crippen molar-refractivity contribution in [1.82, 2.24) is 5.32 Å². The fourth-order valence-electron chi connectivity index (χ4n) is 2.72. The van der Waals surface area contributed by atoms with Gasteiger partial charge in [0.25, 0.3) is 5.91 Å². The summed E-state index contributed by atoms with van der Waals surface area (Å²) in [5.74, 6) is 2.46. The van der Waals surface area contributed by atoms with Crippen molar-refractivity contribution in [2.45, 2.75) is 6.54 Å². The molecule has 0 aliphatic heterocycles. The van der Waals surface area contributed by atoms with Crippen molar-refractivity contribution in [3.63, 3.8) is 0 Å². The third-order valence-electron chi connectivity index (χ3n) is 4.13. The summed E-state index contributed by atoms with van der Waals surface area (Å²) in [6.07, 6.45) is 0. The molecule has 2 aromatic carbocycles. The normalized spacial score (nSPS) is 10.1. The lowest BCUT2D eigenvalue weighted by molar-refractivity contribution is 0.0947. The number of methoxy groups -OCH3 is 6. The summed E-state index contributed by atoms with van der Waals surface area (Å²) in [4.78, 5) is 12.7. The number of ether oxygens (including phenoxy) is 6. The molecule has 1 N–H and O–H groups in total. The Bertz CT molecular complexity index is 811. The average Bonchev–Trinajstić information content (AvgIpc) is 2.75. The van der Waals surface area contributed by atoms with E-state index < -0.39 is 0 Å². The van der Waals surface area contributed by atoms with Crippen LogP contribution in [0, 0.1) is 0 Å². The molecule has 0 unspecified atom stereocenters. The lowest BCUT2D eigenvalue weighted by atomic mass is 10.1. The predicted molar refractivity (Wildman–Crippen MR) is 103 cm³/mol. The molecule has 0 radical (unpaired) electrons. The number of carbonyl (C=O) groups is 1. The number of rotatable bonds is 9. The van der Waals surface area contributed by atoms with Crippen molar-refractivity contribution in [1.29, 1.82) is 0 Å². The predicted octanol–water partition coefficient (Wildman–Crippen LogP) is 2.67. The second kappa shape index (κ2) is 9.59. The van der Waals surface area contributed by atoms with Gasteiger partial charge in [-0.2, -0.15) is 0 Å². The van der Waals surface area contributed by atoms with Crippen LogP contribution in [0.3, 0.4) is 0 Å². The van der Waals surface area contributed by atoms with Gasteiger partial charge in [0.05, 0.1) is 48.2 Å². The van der Waals surface area contributed by atoms with Crippen molar-refractivity contribution in [2.24, 2.45) is 0 Å². The van der Waals surface area contributed by atoms with Gasteiger partial charge in [-0.25, -0.2) is 0 Å². The van der Waals surface area contributed by atoms with Crippen molar-refractivity contribution in [3.05, 3.63) is 35.4 Å². The van der Waals surface area contributed by atoms with Crippen LogP contribution in [0.25, 0.3) is 0 Å². The van der Waals surface area contributed by atoms with Crippen LogP contribution in [0.4, 0.5) is 0 Å². The highest BCUT2D eigenvalue weighted by Gasteiger charge is 2.18. The third-order valence-corrected chi connectivity index (χ3v) is 4.13. The molecular weight excluding hydrogens is 366 g/mol. The standard InChI is InChI=1S/C20H25NO7/c1-23-14-10-16(25-3)15(24-2)9-13(14)20(22)21-11-12-7-17(26-4)19(28-6)18(8-12)27-5/h7-10H,11H2,1-6H3,(H,21,22). The lowest BCUT2D eigenvalue weighted by Gasteiger charge is -2.16. The number of nitrogens with one attached hydrogen (secondary N) is 1. The highest BCUT2D eigenvalue weighted by atomic mass is 16.5. The first-order chi connectivity index (χ1) is 13.5. The van der Waals surface area contributed by atoms with Crippen LogP contribution >= 0.6 is 0 Å². The maximum absolute atomic E-state index is 12.7. The fourth-order valence-corrected chi connectivity index (χ4v) is 2.72. The minimum Gasteiger partial charge on any atom is -0.496 e. The largest absolute Gasteiger partial charge is 0.496 e. The molecule has 1 amide bonds. The molecule has 0 bridgehead atoms. The van der Waals surface area contributed by atoms with Crippen molar-refractivity contribution in [2.75, 3.05) is 42.7 Å². The molecule has 0 saturated carbocycles. The smallest absolute Gasteiger partial charge is 0.255 e. The van der Waals surface area contributed by atoms with Gasteiger partial charge >= 0.3 is 0 Å². The number of benzene rings is 2. The maximum atomic E-state index is 12.7. The zero-order chi connectivity index (χ0) is 20.7. The first-order valence-electron chi connectivity index (χ1n) is 8.39. The van der Waals surface area contributed by atoms with Gasteiger partial charge in [0.1, 0.15) is 5.75 Å². The molecule has 28 heavy (non-hydrogen) atoms. The Labute approximate surface area is 164 Å². The van der Waals surface area contributed by atoms with E-state index in [4.69, 9.17) is 28.4 Å².